The highest BCUT2D eigenvalue weighted by Gasteiger charge is 2.43. The number of aliphatic hydroxyl groups is 2. The highest BCUT2D eigenvalue weighted by Crippen LogP contribution is 2.29. The van der Waals surface area contributed by atoms with E-state index in [-0.39, 0.29) is 6.61 Å². The van der Waals surface area contributed by atoms with E-state index in [1.54, 1.807) is 0 Å². The summed E-state index contributed by atoms with van der Waals surface area (Å²) in [6.45, 7) is 3.55. The highest BCUT2D eigenvalue weighted by atomic mass is 16.5. The Morgan fingerprint density at radius 2 is 1.75 bits per heavy atom. The molecule has 1 saturated carbocycles. The number of hydrogen-bond donors (Lipinski definition) is 2. The van der Waals surface area contributed by atoms with Crippen molar-refractivity contribution >= 4 is 0 Å². The lowest BCUT2D eigenvalue weighted by Gasteiger charge is -2.45. The number of aliphatic hydroxyl groups excluding tert-OH is 1. The smallest absolute Gasteiger partial charge is 0.137 e. The molecule has 4 heteroatoms. The van der Waals surface area contributed by atoms with Crippen LogP contribution >= 0.6 is 0 Å². The molecule has 1 aromatic carbocycles. The highest BCUT2D eigenvalue weighted by molar-refractivity contribution is 5.26. The Morgan fingerprint density at radius 3 is 2.42 bits per heavy atom. The minimum Gasteiger partial charge on any atom is -0.490 e. The molecular weight excluding hydrogens is 302 g/mol. The van der Waals surface area contributed by atoms with Crippen LogP contribution in [0.15, 0.2) is 24.3 Å². The minimum atomic E-state index is -1.19. The zero-order valence-electron chi connectivity index (χ0n) is 14.8. The van der Waals surface area contributed by atoms with E-state index in [1.807, 2.05) is 31.2 Å². The van der Waals surface area contributed by atoms with Gasteiger partial charge < -0.3 is 14.9 Å². The number of likely N-dealkylation sites (tertiary alicyclic amines) is 1. The fraction of sp³-hybridized carbons (Fsp3) is 0.700. The molecule has 2 aliphatic rings. The zero-order chi connectivity index (χ0) is 17.0. The van der Waals surface area contributed by atoms with Crippen LogP contribution in [0.4, 0.5) is 0 Å². The van der Waals surface area contributed by atoms with E-state index < -0.39 is 11.7 Å². The standard InChI is InChI=1S/C20H31NO3/c1-16-8-10-18(11-9-16)24-15-20(23)14-21(13-12-19(20)22)17-6-4-2-3-5-7-17/h8-11,17,19,22-23H,2-7,12-15H2,1H3/t19-,20-/m0/s1. The Labute approximate surface area is 145 Å². The molecular formula is C20H31NO3. The van der Waals surface area contributed by atoms with Crippen LogP contribution in [0.2, 0.25) is 0 Å². The van der Waals surface area contributed by atoms with E-state index >= 15 is 0 Å². The number of nitrogens with zero attached hydrogens (tertiary/aromatic N) is 1. The van der Waals surface area contributed by atoms with Crippen LogP contribution in [0.1, 0.15) is 50.5 Å². The molecule has 1 aliphatic carbocycles. The molecule has 0 bridgehead atoms. The molecule has 2 N–H and O–H groups in total. The van der Waals surface area contributed by atoms with Crippen LogP contribution in [0.5, 0.6) is 5.75 Å². The molecule has 4 nitrogen and oxygen atoms in total. The maximum Gasteiger partial charge on any atom is 0.137 e. The molecule has 0 aromatic heterocycles. The fourth-order valence-corrected chi connectivity index (χ4v) is 4.01. The van der Waals surface area contributed by atoms with Gasteiger partial charge in [-0.05, 0) is 38.3 Å². The first-order valence-corrected chi connectivity index (χ1v) is 9.41. The van der Waals surface area contributed by atoms with Crippen molar-refractivity contribution in [3.8, 4) is 5.75 Å². The molecule has 134 valence electrons. The van der Waals surface area contributed by atoms with Gasteiger partial charge in [-0.25, -0.2) is 0 Å². The normalized spacial score (nSPS) is 30.0. The van der Waals surface area contributed by atoms with E-state index in [0.29, 0.717) is 19.0 Å². The van der Waals surface area contributed by atoms with Gasteiger partial charge in [-0.3, -0.25) is 4.90 Å². The first-order chi connectivity index (χ1) is 11.6. The second-order valence-electron chi connectivity index (χ2n) is 7.63. The molecule has 0 radical (unpaired) electrons. The molecule has 0 amide bonds. The lowest BCUT2D eigenvalue weighted by Crippen LogP contribution is -2.61. The molecule has 2 fully saturated rings. The Morgan fingerprint density at radius 1 is 1.08 bits per heavy atom. The van der Waals surface area contributed by atoms with Gasteiger partial charge in [0.1, 0.15) is 18.0 Å². The van der Waals surface area contributed by atoms with Crippen molar-refractivity contribution in [1.82, 2.24) is 4.90 Å². The van der Waals surface area contributed by atoms with E-state index in [0.717, 1.165) is 12.3 Å². The number of hydrogen-bond acceptors (Lipinski definition) is 4. The predicted molar refractivity (Wildman–Crippen MR) is 95.3 cm³/mol. The summed E-state index contributed by atoms with van der Waals surface area (Å²) in [6, 6.07) is 8.36. The second kappa shape index (κ2) is 7.85. The Hall–Kier alpha value is -1.10. The second-order valence-corrected chi connectivity index (χ2v) is 7.63. The van der Waals surface area contributed by atoms with Gasteiger partial charge in [-0.1, -0.05) is 43.4 Å². The summed E-state index contributed by atoms with van der Waals surface area (Å²) < 4.78 is 5.80. The molecule has 0 spiro atoms. The number of piperidine rings is 1. The number of rotatable bonds is 4. The molecule has 2 atom stereocenters. The summed E-state index contributed by atoms with van der Waals surface area (Å²) in [5.74, 6) is 0.743. The zero-order valence-corrected chi connectivity index (χ0v) is 14.8. The summed E-state index contributed by atoms with van der Waals surface area (Å²) in [5, 5.41) is 21.4. The van der Waals surface area contributed by atoms with Crippen molar-refractivity contribution in [2.75, 3.05) is 19.7 Å². The van der Waals surface area contributed by atoms with Crippen molar-refractivity contribution < 1.29 is 14.9 Å². The molecule has 1 heterocycles. The van der Waals surface area contributed by atoms with E-state index in [1.165, 1.54) is 44.1 Å². The van der Waals surface area contributed by atoms with Gasteiger partial charge in [0, 0.05) is 19.1 Å². The van der Waals surface area contributed by atoms with Crippen molar-refractivity contribution in [3.05, 3.63) is 29.8 Å². The van der Waals surface area contributed by atoms with Gasteiger partial charge >= 0.3 is 0 Å². The lowest BCUT2D eigenvalue weighted by molar-refractivity contribution is -0.145. The average Bonchev–Trinajstić information content (AvgIpc) is 2.86. The van der Waals surface area contributed by atoms with Gasteiger partial charge in [0.25, 0.3) is 0 Å². The number of β-amino-alcohol motifs (C(OH)–C–C–N with tert-alkyl or cyclic N) is 1. The largest absolute Gasteiger partial charge is 0.490 e. The average molecular weight is 333 g/mol. The van der Waals surface area contributed by atoms with Crippen molar-refractivity contribution in [3.63, 3.8) is 0 Å². The minimum absolute atomic E-state index is 0.139. The third-order valence-electron chi connectivity index (χ3n) is 5.64. The topological polar surface area (TPSA) is 52.9 Å². The monoisotopic (exact) mass is 333 g/mol. The van der Waals surface area contributed by atoms with E-state index in [9.17, 15) is 10.2 Å². The van der Waals surface area contributed by atoms with Crippen molar-refractivity contribution in [2.24, 2.45) is 0 Å². The van der Waals surface area contributed by atoms with Crippen LogP contribution in [0.25, 0.3) is 0 Å². The predicted octanol–water partition coefficient (Wildman–Crippen LogP) is 2.89. The van der Waals surface area contributed by atoms with Crippen LogP contribution < -0.4 is 4.74 Å². The number of aryl methyl sites for hydroxylation is 1. The van der Waals surface area contributed by atoms with Gasteiger partial charge in [-0.2, -0.15) is 0 Å². The first kappa shape index (κ1) is 17.7. The quantitative estimate of drug-likeness (QED) is 0.832. The molecule has 24 heavy (non-hydrogen) atoms. The molecule has 1 saturated heterocycles. The van der Waals surface area contributed by atoms with Crippen LogP contribution in [-0.2, 0) is 0 Å². The van der Waals surface area contributed by atoms with Crippen LogP contribution in [-0.4, -0.2) is 52.6 Å². The van der Waals surface area contributed by atoms with Gasteiger partial charge in [0.2, 0.25) is 0 Å². The molecule has 0 unspecified atom stereocenters. The molecule has 1 aliphatic heterocycles. The third kappa shape index (κ3) is 4.29. The molecule has 1 aromatic rings. The first-order valence-electron chi connectivity index (χ1n) is 9.41. The van der Waals surface area contributed by atoms with Gasteiger partial charge in [-0.15, -0.1) is 0 Å². The summed E-state index contributed by atoms with van der Waals surface area (Å²) in [4.78, 5) is 2.39. The molecule has 3 rings (SSSR count). The summed E-state index contributed by atoms with van der Waals surface area (Å²) >= 11 is 0. The summed E-state index contributed by atoms with van der Waals surface area (Å²) in [5.41, 5.74) is -0.00610. The Kier molecular flexibility index (Phi) is 5.80. The fourth-order valence-electron chi connectivity index (χ4n) is 4.01. The number of ether oxygens (including phenoxy) is 1. The summed E-state index contributed by atoms with van der Waals surface area (Å²) in [6.07, 6.45) is 7.54. The van der Waals surface area contributed by atoms with Crippen molar-refractivity contribution in [1.29, 1.82) is 0 Å². The lowest BCUT2D eigenvalue weighted by atomic mass is 9.88. The van der Waals surface area contributed by atoms with E-state index in [2.05, 4.69) is 4.90 Å². The van der Waals surface area contributed by atoms with Crippen molar-refractivity contribution in [2.45, 2.75) is 69.6 Å². The van der Waals surface area contributed by atoms with Gasteiger partial charge in [0.05, 0.1) is 6.10 Å². The Balaban J connectivity index is 1.61. The number of benzene rings is 1. The van der Waals surface area contributed by atoms with Gasteiger partial charge in [0.15, 0.2) is 0 Å². The Bertz CT molecular complexity index is 510. The third-order valence-corrected chi connectivity index (χ3v) is 5.64. The van der Waals surface area contributed by atoms with Crippen LogP contribution in [0, 0.1) is 6.92 Å². The van der Waals surface area contributed by atoms with Crippen LogP contribution in [0.3, 0.4) is 0 Å². The maximum atomic E-state index is 11.0. The summed E-state index contributed by atoms with van der Waals surface area (Å²) in [7, 11) is 0. The van der Waals surface area contributed by atoms with E-state index in [4.69, 9.17) is 4.74 Å². The SMILES string of the molecule is Cc1ccc(OC[C@@]2(O)CN(C3CCCCCC3)CC[C@@H]2O)cc1. The maximum absolute atomic E-state index is 11.0.